The summed E-state index contributed by atoms with van der Waals surface area (Å²) in [6.07, 6.45) is 4.56. The molecular formula is C21H23ClN2O3. The van der Waals surface area contributed by atoms with E-state index in [1.165, 1.54) is 0 Å². The zero-order valence-electron chi connectivity index (χ0n) is 15.3. The second-order valence-corrected chi connectivity index (χ2v) is 9.42. The summed E-state index contributed by atoms with van der Waals surface area (Å²) in [7, 11) is 0. The average molecular weight is 387 g/mol. The lowest BCUT2D eigenvalue weighted by Crippen LogP contribution is -2.57. The molecule has 5 nitrogen and oxygen atoms in total. The normalized spacial score (nSPS) is 34.6. The van der Waals surface area contributed by atoms with E-state index in [9.17, 15) is 9.59 Å². The van der Waals surface area contributed by atoms with Crippen molar-refractivity contribution in [2.75, 3.05) is 5.32 Å². The van der Waals surface area contributed by atoms with Gasteiger partial charge in [0, 0.05) is 10.6 Å². The molecule has 4 saturated carbocycles. The Balaban J connectivity index is 1.42. The van der Waals surface area contributed by atoms with E-state index in [4.69, 9.17) is 21.6 Å². The quantitative estimate of drug-likeness (QED) is 0.626. The second kappa shape index (κ2) is 6.53. The lowest BCUT2D eigenvalue weighted by Gasteiger charge is -2.58. The number of alkyl halides is 1. The number of carbonyl (C=O) groups excluding carboxylic acids is 2. The molecular weight excluding hydrogens is 364 g/mol. The third-order valence-electron chi connectivity index (χ3n) is 6.33. The van der Waals surface area contributed by atoms with Gasteiger partial charge in [-0.05, 0) is 75.5 Å². The van der Waals surface area contributed by atoms with E-state index in [0.29, 0.717) is 29.5 Å². The Labute approximate surface area is 164 Å². The largest absolute Gasteiger partial charge is 0.452 e. The summed E-state index contributed by atoms with van der Waals surface area (Å²) in [6, 6.07) is 8.67. The van der Waals surface area contributed by atoms with Gasteiger partial charge in [0.2, 0.25) is 0 Å². The van der Waals surface area contributed by atoms with Gasteiger partial charge in [-0.15, -0.1) is 11.6 Å². The van der Waals surface area contributed by atoms with Gasteiger partial charge in [0.15, 0.2) is 6.10 Å². The molecule has 0 heterocycles. The smallest absolute Gasteiger partial charge is 0.312 e. The van der Waals surface area contributed by atoms with Gasteiger partial charge in [-0.25, -0.2) is 0 Å². The van der Waals surface area contributed by atoms with Crippen molar-refractivity contribution in [1.82, 2.24) is 0 Å². The van der Waals surface area contributed by atoms with E-state index in [1.54, 1.807) is 31.2 Å². The third-order valence-corrected chi connectivity index (χ3v) is 6.78. The fourth-order valence-electron chi connectivity index (χ4n) is 5.64. The van der Waals surface area contributed by atoms with Crippen LogP contribution < -0.4 is 5.32 Å². The fourth-order valence-corrected chi connectivity index (χ4v) is 6.33. The molecule has 6 heteroatoms. The highest BCUT2D eigenvalue weighted by Gasteiger charge is 2.61. The number of esters is 1. The third kappa shape index (κ3) is 3.43. The van der Waals surface area contributed by atoms with E-state index in [2.05, 4.69) is 5.32 Å². The van der Waals surface area contributed by atoms with Crippen LogP contribution in [0.3, 0.4) is 0 Å². The molecule has 1 aromatic carbocycles. The first-order valence-corrected chi connectivity index (χ1v) is 9.90. The number of halogens is 1. The van der Waals surface area contributed by atoms with Gasteiger partial charge in [-0.2, -0.15) is 5.26 Å². The van der Waals surface area contributed by atoms with E-state index in [1.807, 2.05) is 6.07 Å². The molecule has 27 heavy (non-hydrogen) atoms. The van der Waals surface area contributed by atoms with Crippen LogP contribution in [0.2, 0.25) is 0 Å². The Morgan fingerprint density at radius 2 is 2.00 bits per heavy atom. The molecule has 5 atom stereocenters. The number of hydrogen-bond donors (Lipinski definition) is 1. The van der Waals surface area contributed by atoms with Crippen LogP contribution in [0.15, 0.2) is 24.3 Å². The molecule has 2 unspecified atom stereocenters. The molecule has 4 fully saturated rings. The molecule has 1 amide bonds. The topological polar surface area (TPSA) is 79.2 Å². The van der Waals surface area contributed by atoms with Crippen LogP contribution in [0.1, 0.15) is 51.0 Å². The Bertz CT molecular complexity index is 817. The van der Waals surface area contributed by atoms with Crippen LogP contribution in [0.5, 0.6) is 0 Å². The highest BCUT2D eigenvalue weighted by molar-refractivity contribution is 6.24. The molecule has 4 aliphatic carbocycles. The number of nitriles is 1. The van der Waals surface area contributed by atoms with Gasteiger partial charge < -0.3 is 10.1 Å². The number of amides is 1. The standard InChI is InChI=1S/C21H23ClN2O3/c1-13(18(25)24-17-4-2-3-14(6-17)11-23)27-19(26)20-7-15-5-16(8-20)10-21(22,9-15)12-20/h2-4,6,13,15-16H,5,7-10,12H2,1H3,(H,24,25)/t13-,15-,16+,20?,21?/m1/s1. The highest BCUT2D eigenvalue weighted by Crippen LogP contribution is 2.64. The van der Waals surface area contributed by atoms with Crippen LogP contribution in [-0.2, 0) is 14.3 Å². The molecule has 0 radical (unpaired) electrons. The fraction of sp³-hybridized carbons (Fsp3) is 0.571. The molecule has 0 aliphatic heterocycles. The maximum Gasteiger partial charge on any atom is 0.312 e. The number of anilines is 1. The van der Waals surface area contributed by atoms with Crippen LogP contribution in [0.25, 0.3) is 0 Å². The molecule has 0 spiro atoms. The number of hydrogen-bond acceptors (Lipinski definition) is 4. The molecule has 1 N–H and O–H groups in total. The Kier molecular flexibility index (Phi) is 4.43. The van der Waals surface area contributed by atoms with Crippen LogP contribution in [0.4, 0.5) is 5.69 Å². The predicted molar refractivity (Wildman–Crippen MR) is 101 cm³/mol. The van der Waals surface area contributed by atoms with Gasteiger partial charge in [-0.3, -0.25) is 9.59 Å². The number of rotatable bonds is 4. The zero-order valence-corrected chi connectivity index (χ0v) is 16.1. The molecule has 0 saturated heterocycles. The van der Waals surface area contributed by atoms with Crippen LogP contribution >= 0.6 is 11.6 Å². The monoisotopic (exact) mass is 386 g/mol. The first-order chi connectivity index (χ1) is 12.8. The van der Waals surface area contributed by atoms with Gasteiger partial charge in [0.1, 0.15) is 0 Å². The van der Waals surface area contributed by atoms with Gasteiger partial charge >= 0.3 is 5.97 Å². The Hall–Kier alpha value is -2.06. The minimum Gasteiger partial charge on any atom is -0.452 e. The first kappa shape index (κ1) is 18.3. The van der Waals surface area contributed by atoms with Crippen molar-refractivity contribution in [2.24, 2.45) is 17.3 Å². The van der Waals surface area contributed by atoms with Gasteiger partial charge in [0.05, 0.1) is 17.0 Å². The van der Waals surface area contributed by atoms with Crippen molar-refractivity contribution in [3.8, 4) is 6.07 Å². The number of benzene rings is 1. The van der Waals surface area contributed by atoms with E-state index in [-0.39, 0.29) is 10.8 Å². The van der Waals surface area contributed by atoms with E-state index in [0.717, 1.165) is 32.1 Å². The van der Waals surface area contributed by atoms with Crippen molar-refractivity contribution in [1.29, 1.82) is 5.26 Å². The molecule has 5 rings (SSSR count). The maximum atomic E-state index is 13.0. The van der Waals surface area contributed by atoms with Crippen molar-refractivity contribution < 1.29 is 14.3 Å². The maximum absolute atomic E-state index is 13.0. The summed E-state index contributed by atoms with van der Waals surface area (Å²) >= 11 is 6.79. The SMILES string of the molecule is C[C@@H](OC(=O)C12C[C@@H]3C[C@@H](CC(Cl)(C3)C1)C2)C(=O)Nc1cccc(C#N)c1. The minimum absolute atomic E-state index is 0.271. The number of nitrogens with one attached hydrogen (secondary N) is 1. The van der Waals surface area contributed by atoms with Crippen LogP contribution in [-0.4, -0.2) is 22.9 Å². The van der Waals surface area contributed by atoms with E-state index < -0.39 is 17.4 Å². The number of nitrogens with zero attached hydrogens (tertiary/aromatic N) is 1. The van der Waals surface area contributed by atoms with Crippen LogP contribution in [0, 0.1) is 28.6 Å². The molecule has 4 aliphatic rings. The molecule has 1 aromatic rings. The molecule has 0 aromatic heterocycles. The van der Waals surface area contributed by atoms with Crippen molar-refractivity contribution in [2.45, 2.75) is 56.4 Å². The van der Waals surface area contributed by atoms with E-state index >= 15 is 0 Å². The molecule has 142 valence electrons. The summed E-state index contributed by atoms with van der Waals surface area (Å²) in [5, 5.41) is 11.7. The van der Waals surface area contributed by atoms with Crippen molar-refractivity contribution >= 4 is 29.2 Å². The van der Waals surface area contributed by atoms with Gasteiger partial charge in [-0.1, -0.05) is 6.07 Å². The lowest BCUT2D eigenvalue weighted by atomic mass is 9.49. The Morgan fingerprint density at radius 1 is 1.30 bits per heavy atom. The second-order valence-electron chi connectivity index (χ2n) is 8.62. The minimum atomic E-state index is -0.900. The predicted octanol–water partition coefficient (Wildman–Crippen LogP) is 4.01. The average Bonchev–Trinajstić information content (AvgIpc) is 2.59. The van der Waals surface area contributed by atoms with Crippen molar-refractivity contribution in [3.05, 3.63) is 29.8 Å². The summed E-state index contributed by atoms with van der Waals surface area (Å²) in [6.45, 7) is 1.58. The Morgan fingerprint density at radius 3 is 2.63 bits per heavy atom. The number of carbonyl (C=O) groups is 2. The lowest BCUT2D eigenvalue weighted by molar-refractivity contribution is -0.176. The summed E-state index contributed by atoms with van der Waals surface area (Å²) < 4.78 is 5.60. The van der Waals surface area contributed by atoms with Gasteiger partial charge in [0.25, 0.3) is 5.91 Å². The summed E-state index contributed by atoms with van der Waals surface area (Å²) in [5.74, 6) is 0.308. The zero-order chi connectivity index (χ0) is 19.2. The van der Waals surface area contributed by atoms with Crippen molar-refractivity contribution in [3.63, 3.8) is 0 Å². The number of ether oxygens (including phenoxy) is 1. The first-order valence-electron chi connectivity index (χ1n) is 9.52. The summed E-state index contributed by atoms with van der Waals surface area (Å²) in [5.41, 5.74) is 0.441. The highest BCUT2D eigenvalue weighted by atomic mass is 35.5. The summed E-state index contributed by atoms with van der Waals surface area (Å²) in [4.78, 5) is 25.2. The molecule has 4 bridgehead atoms.